The topological polar surface area (TPSA) is 0 Å². The van der Waals surface area contributed by atoms with Gasteiger partial charge in [0.15, 0.2) is 0 Å². The van der Waals surface area contributed by atoms with Gasteiger partial charge in [-0.3, -0.25) is 0 Å². The maximum atomic E-state index is 2.45. The first-order valence-corrected chi connectivity index (χ1v) is 13.4. The van der Waals surface area contributed by atoms with Gasteiger partial charge in [0.05, 0.1) is 0 Å². The van der Waals surface area contributed by atoms with Crippen LogP contribution in [0.5, 0.6) is 0 Å². The van der Waals surface area contributed by atoms with Gasteiger partial charge in [-0.05, 0) is 102 Å². The van der Waals surface area contributed by atoms with Gasteiger partial charge in [0.2, 0.25) is 0 Å². The lowest BCUT2D eigenvalue weighted by atomic mass is 9.83. The van der Waals surface area contributed by atoms with E-state index in [1.165, 1.54) is 27.8 Å². The zero-order chi connectivity index (χ0) is 22.5. The van der Waals surface area contributed by atoms with Gasteiger partial charge in [0.1, 0.15) is 0 Å². The molecule has 0 saturated heterocycles. The van der Waals surface area contributed by atoms with Crippen LogP contribution in [0.4, 0.5) is 0 Å². The molecule has 0 aromatic heterocycles. The molecule has 0 spiro atoms. The minimum absolute atomic E-state index is 0.319. The van der Waals surface area contributed by atoms with Crippen molar-refractivity contribution in [3.05, 3.63) is 106 Å². The molecule has 3 aliphatic carbocycles. The molecule has 0 fully saturated rings. The Morgan fingerprint density at radius 2 is 1.21 bits per heavy atom. The highest BCUT2D eigenvalue weighted by molar-refractivity contribution is 6.37. The molecule has 0 amide bonds. The quantitative estimate of drug-likeness (QED) is 0.297. The van der Waals surface area contributed by atoms with Gasteiger partial charge in [0, 0.05) is 15.0 Å². The monoisotopic (exact) mass is 440 g/mol. The van der Waals surface area contributed by atoms with Crippen LogP contribution < -0.4 is 5.22 Å². The number of benzene rings is 4. The molecule has 1 aliphatic heterocycles. The molecule has 4 aromatic rings. The fourth-order valence-corrected chi connectivity index (χ4v) is 8.71. The average Bonchev–Trinajstić information content (AvgIpc) is 3.33. The number of hydrogen-bond donors (Lipinski definition) is 0. The number of hydrogen-bond acceptors (Lipinski definition) is 0. The van der Waals surface area contributed by atoms with Crippen LogP contribution in [0, 0.1) is 17.2 Å². The minimum atomic E-state index is 0.319. The summed E-state index contributed by atoms with van der Waals surface area (Å²) in [5.74, 6) is 0.638. The fourth-order valence-electron chi connectivity index (χ4n) is 6.46. The summed E-state index contributed by atoms with van der Waals surface area (Å²) in [5, 5.41) is 1.65. The summed E-state index contributed by atoms with van der Waals surface area (Å²) in [7, 11) is 0.319. The maximum absolute atomic E-state index is 2.45. The van der Waals surface area contributed by atoms with Gasteiger partial charge in [0.25, 0.3) is 0 Å². The van der Waals surface area contributed by atoms with Crippen LogP contribution in [0.3, 0.4) is 0 Å². The van der Waals surface area contributed by atoms with Gasteiger partial charge in [-0.25, -0.2) is 0 Å². The molecule has 0 saturated carbocycles. The van der Waals surface area contributed by atoms with E-state index in [0.717, 1.165) is 5.54 Å². The smallest absolute Gasteiger partial charge is 0.0326 e. The predicted molar refractivity (Wildman–Crippen MR) is 142 cm³/mol. The Labute approximate surface area is 198 Å². The van der Waals surface area contributed by atoms with Crippen molar-refractivity contribution in [2.45, 2.75) is 39.2 Å². The average molecular weight is 441 g/mol. The minimum Gasteiger partial charge on any atom is -0.0622 e. The SMILES string of the molecule is Cc1c2c3c(-c4cc(-c5ccccc5)cc(-c5ccccc5)c4)c4c1=[SiH]C(C(C)(C)C)C=4C23. The van der Waals surface area contributed by atoms with E-state index in [1.54, 1.807) is 37.9 Å². The van der Waals surface area contributed by atoms with Crippen molar-refractivity contribution >= 4 is 14.7 Å². The second-order valence-corrected chi connectivity index (χ2v) is 12.6. The van der Waals surface area contributed by atoms with Crippen LogP contribution in [-0.4, -0.2) is 9.13 Å². The van der Waals surface area contributed by atoms with Gasteiger partial charge in [-0.2, -0.15) is 0 Å². The molecule has 2 unspecified atom stereocenters. The highest BCUT2D eigenvalue weighted by Crippen LogP contribution is 2.64. The molecular weight excluding hydrogens is 412 g/mol. The third-order valence-electron chi connectivity index (χ3n) is 8.02. The van der Waals surface area contributed by atoms with Gasteiger partial charge >= 0.3 is 0 Å². The van der Waals surface area contributed by atoms with Crippen molar-refractivity contribution in [1.29, 1.82) is 0 Å². The lowest BCUT2D eigenvalue weighted by Crippen LogP contribution is -2.18. The van der Waals surface area contributed by atoms with Crippen LogP contribution in [-0.2, 0) is 0 Å². The molecular formula is C32H28Si. The zero-order valence-corrected chi connectivity index (χ0v) is 20.9. The van der Waals surface area contributed by atoms with Crippen LogP contribution in [0.1, 0.15) is 43.4 Å². The largest absolute Gasteiger partial charge is 0.0622 e. The molecule has 160 valence electrons. The molecule has 33 heavy (non-hydrogen) atoms. The van der Waals surface area contributed by atoms with Crippen LogP contribution >= 0.6 is 0 Å². The Kier molecular flexibility index (Phi) is 3.84. The van der Waals surface area contributed by atoms with E-state index in [9.17, 15) is 0 Å². The van der Waals surface area contributed by atoms with Crippen LogP contribution in [0.15, 0.2) is 78.9 Å². The first-order chi connectivity index (χ1) is 15.9. The first kappa shape index (κ1) is 19.4. The van der Waals surface area contributed by atoms with E-state index in [4.69, 9.17) is 0 Å². The highest BCUT2D eigenvalue weighted by atomic mass is 28.2. The Bertz CT molecular complexity index is 1530. The molecule has 6 bridgehead atoms. The van der Waals surface area contributed by atoms with Gasteiger partial charge < -0.3 is 0 Å². The van der Waals surface area contributed by atoms with Crippen LogP contribution in [0.25, 0.3) is 39.0 Å². The predicted octanol–water partition coefficient (Wildman–Crippen LogP) is 7.14. The summed E-state index contributed by atoms with van der Waals surface area (Å²) in [6.45, 7) is 9.73. The van der Waals surface area contributed by atoms with Gasteiger partial charge in [-0.15, -0.1) is 0 Å². The summed E-state index contributed by atoms with van der Waals surface area (Å²) >= 11 is 0. The lowest BCUT2D eigenvalue weighted by Gasteiger charge is -2.28. The highest BCUT2D eigenvalue weighted by Gasteiger charge is 2.52. The Hall–Kier alpha value is -3.03. The molecule has 4 aromatic carbocycles. The van der Waals surface area contributed by atoms with Crippen molar-refractivity contribution < 1.29 is 0 Å². The van der Waals surface area contributed by atoms with E-state index < -0.39 is 0 Å². The fraction of sp³-hybridized carbons (Fsp3) is 0.219. The second-order valence-electron chi connectivity index (χ2n) is 11.0. The van der Waals surface area contributed by atoms with E-state index in [1.807, 2.05) is 0 Å². The van der Waals surface area contributed by atoms with Crippen molar-refractivity contribution in [3.63, 3.8) is 0 Å². The molecule has 0 nitrogen and oxygen atoms in total. The molecule has 0 N–H and O–H groups in total. The van der Waals surface area contributed by atoms with Crippen molar-refractivity contribution in [1.82, 2.24) is 0 Å². The Balaban J connectivity index is 1.51. The van der Waals surface area contributed by atoms with Crippen LogP contribution in [0.2, 0.25) is 5.54 Å². The third-order valence-corrected chi connectivity index (χ3v) is 10.8. The Morgan fingerprint density at radius 3 is 1.76 bits per heavy atom. The second kappa shape index (κ2) is 6.52. The molecule has 1 heterocycles. The summed E-state index contributed by atoms with van der Waals surface area (Å²) in [6, 6.07) is 29.0. The standard InChI is InChI=1S/C32H28Si/c1-18-24-26-25(28-29(27(24)26)31(32(2,3)4)33-30(18)28)23-16-21(19-11-7-5-8-12-19)15-22(17-23)20-13-9-6-10-14-20/h5-17,27,31,33H,1-4H3. The summed E-state index contributed by atoms with van der Waals surface area (Å²) in [5.41, 5.74) is 16.0. The summed E-state index contributed by atoms with van der Waals surface area (Å²) < 4.78 is 0. The van der Waals surface area contributed by atoms with Crippen molar-refractivity contribution in [2.24, 2.45) is 5.41 Å². The summed E-state index contributed by atoms with van der Waals surface area (Å²) in [4.78, 5) is 1.72. The number of rotatable bonds is 3. The first-order valence-electron chi connectivity index (χ1n) is 12.1. The normalized spacial score (nSPS) is 19.1. The molecule has 0 radical (unpaired) electrons. The third kappa shape index (κ3) is 2.66. The zero-order valence-electron chi connectivity index (χ0n) is 19.7. The lowest BCUT2D eigenvalue weighted by molar-refractivity contribution is 0.424. The Morgan fingerprint density at radius 1 is 0.667 bits per heavy atom. The molecule has 8 rings (SSSR count). The van der Waals surface area contributed by atoms with E-state index >= 15 is 0 Å². The molecule has 1 heteroatoms. The molecule has 4 aliphatic rings. The maximum Gasteiger partial charge on any atom is 0.0326 e. The van der Waals surface area contributed by atoms with E-state index in [0.29, 0.717) is 20.5 Å². The summed E-state index contributed by atoms with van der Waals surface area (Å²) in [6.07, 6.45) is 0. The van der Waals surface area contributed by atoms with E-state index in [-0.39, 0.29) is 0 Å². The van der Waals surface area contributed by atoms with Crippen molar-refractivity contribution in [2.75, 3.05) is 0 Å². The van der Waals surface area contributed by atoms with Gasteiger partial charge in [-0.1, -0.05) is 81.4 Å². The molecule has 2 atom stereocenters. The van der Waals surface area contributed by atoms with E-state index in [2.05, 4.69) is 107 Å². The van der Waals surface area contributed by atoms with Crippen molar-refractivity contribution in [3.8, 4) is 33.4 Å².